The second-order valence-corrected chi connectivity index (χ2v) is 8.49. The molecule has 0 fully saturated rings. The number of carbonyl (C=O) groups is 1. The summed E-state index contributed by atoms with van der Waals surface area (Å²) < 4.78 is 66.1. The van der Waals surface area contributed by atoms with E-state index in [1.165, 1.54) is 6.07 Å². The highest BCUT2D eigenvalue weighted by Crippen LogP contribution is 2.44. The molecule has 1 atom stereocenters. The fraction of sp³-hybridized carbons (Fsp3) is 0.261. The van der Waals surface area contributed by atoms with Gasteiger partial charge in [0.2, 0.25) is 5.91 Å². The van der Waals surface area contributed by atoms with Crippen LogP contribution in [0.25, 0.3) is 22.4 Å². The van der Waals surface area contributed by atoms with Crippen molar-refractivity contribution >= 4 is 28.4 Å². The summed E-state index contributed by atoms with van der Waals surface area (Å²) in [6.45, 7) is 0.933. The van der Waals surface area contributed by atoms with Gasteiger partial charge in [-0.2, -0.15) is 27.1 Å². The number of anilines is 2. The quantitative estimate of drug-likeness (QED) is 0.393. The summed E-state index contributed by atoms with van der Waals surface area (Å²) in [5.74, 6) is -5.20. The number of para-hydroxylation sites is 1. The molecule has 1 aromatic carbocycles. The molecule has 186 valence electrons. The van der Waals surface area contributed by atoms with Gasteiger partial charge in [0.1, 0.15) is 22.7 Å². The summed E-state index contributed by atoms with van der Waals surface area (Å²) in [6, 6.07) is 11.5. The Morgan fingerprint density at radius 2 is 1.78 bits per heavy atom. The lowest BCUT2D eigenvalue weighted by Crippen LogP contribution is -2.37. The van der Waals surface area contributed by atoms with Gasteiger partial charge in [-0.3, -0.25) is 14.5 Å². The third-order valence-electron chi connectivity index (χ3n) is 6.22. The molecule has 0 spiro atoms. The van der Waals surface area contributed by atoms with E-state index in [9.17, 15) is 26.7 Å². The van der Waals surface area contributed by atoms with Crippen molar-refractivity contribution in [1.82, 2.24) is 24.7 Å². The van der Waals surface area contributed by atoms with Crippen molar-refractivity contribution < 1.29 is 26.7 Å². The van der Waals surface area contributed by atoms with Crippen LogP contribution in [0.1, 0.15) is 24.6 Å². The molecule has 0 saturated carbocycles. The van der Waals surface area contributed by atoms with Crippen molar-refractivity contribution in [3.05, 3.63) is 59.9 Å². The Kier molecular flexibility index (Phi) is 5.19. The first-order valence-corrected chi connectivity index (χ1v) is 10.7. The zero-order chi connectivity index (χ0) is 25.9. The molecule has 1 unspecified atom stereocenters. The van der Waals surface area contributed by atoms with Crippen molar-refractivity contribution in [2.45, 2.75) is 37.4 Å². The molecule has 1 aliphatic rings. The van der Waals surface area contributed by atoms with Crippen molar-refractivity contribution in [1.29, 1.82) is 0 Å². The summed E-state index contributed by atoms with van der Waals surface area (Å²) in [6.07, 6.45) is -5.62. The van der Waals surface area contributed by atoms with Gasteiger partial charge in [-0.15, -0.1) is 0 Å². The maximum absolute atomic E-state index is 13.5. The van der Waals surface area contributed by atoms with Gasteiger partial charge in [-0.05, 0) is 25.1 Å². The number of hydrogen-bond donors (Lipinski definition) is 2. The van der Waals surface area contributed by atoms with E-state index in [1.54, 1.807) is 49.5 Å². The summed E-state index contributed by atoms with van der Waals surface area (Å²) in [5, 5.41) is 7.34. The van der Waals surface area contributed by atoms with Crippen LogP contribution < -0.4 is 11.1 Å². The number of amides is 1. The van der Waals surface area contributed by atoms with Crippen LogP contribution in [0.15, 0.2) is 48.7 Å². The fourth-order valence-corrected chi connectivity index (χ4v) is 4.27. The second kappa shape index (κ2) is 7.93. The molecule has 4 heterocycles. The Labute approximate surface area is 200 Å². The molecule has 0 bridgehead atoms. The maximum Gasteiger partial charge on any atom is 0.453 e. The number of pyridine rings is 1. The summed E-state index contributed by atoms with van der Waals surface area (Å²) in [7, 11) is 0. The first-order chi connectivity index (χ1) is 16.9. The van der Waals surface area contributed by atoms with E-state index in [4.69, 9.17) is 5.73 Å². The van der Waals surface area contributed by atoms with E-state index >= 15 is 0 Å². The van der Waals surface area contributed by atoms with E-state index in [0.717, 1.165) is 4.68 Å². The van der Waals surface area contributed by atoms with Gasteiger partial charge in [-0.25, -0.2) is 9.97 Å². The second-order valence-electron chi connectivity index (χ2n) is 8.49. The smallest absolute Gasteiger partial charge is 0.383 e. The highest BCUT2D eigenvalue weighted by atomic mass is 19.4. The van der Waals surface area contributed by atoms with E-state index < -0.39 is 36.4 Å². The number of nitrogen functional groups attached to an aromatic ring is 1. The van der Waals surface area contributed by atoms with Crippen LogP contribution in [0.5, 0.6) is 0 Å². The minimum atomic E-state index is -5.67. The van der Waals surface area contributed by atoms with E-state index in [1.807, 2.05) is 0 Å². The van der Waals surface area contributed by atoms with Crippen molar-refractivity contribution in [3.8, 4) is 11.5 Å². The number of halogens is 5. The number of alkyl halides is 5. The average molecular weight is 503 g/mol. The largest absolute Gasteiger partial charge is 0.453 e. The van der Waals surface area contributed by atoms with Gasteiger partial charge in [0.05, 0.1) is 16.8 Å². The third kappa shape index (κ3) is 3.53. The van der Waals surface area contributed by atoms with Crippen LogP contribution in [0.4, 0.5) is 33.6 Å². The number of benzene rings is 1. The molecule has 0 saturated heterocycles. The molecular formula is C23H18F5N7O. The van der Waals surface area contributed by atoms with Gasteiger partial charge in [0.25, 0.3) is 0 Å². The molecule has 0 aliphatic carbocycles. The third-order valence-corrected chi connectivity index (χ3v) is 6.22. The van der Waals surface area contributed by atoms with Crippen LogP contribution >= 0.6 is 0 Å². The lowest BCUT2D eigenvalue weighted by Gasteiger charge is -2.22. The first-order valence-electron chi connectivity index (χ1n) is 10.7. The number of nitrogens with one attached hydrogen (secondary N) is 1. The molecule has 1 amide bonds. The van der Waals surface area contributed by atoms with E-state index in [2.05, 4.69) is 25.4 Å². The minimum absolute atomic E-state index is 0.0191. The number of hydrogen-bond acceptors (Lipinski definition) is 6. The number of carbonyl (C=O) groups excluding carboxylic acids is 1. The van der Waals surface area contributed by atoms with Crippen LogP contribution in [0, 0.1) is 0 Å². The van der Waals surface area contributed by atoms with Crippen molar-refractivity contribution in [2.24, 2.45) is 0 Å². The molecule has 1 aliphatic heterocycles. The highest BCUT2D eigenvalue weighted by Gasteiger charge is 2.56. The van der Waals surface area contributed by atoms with Crippen LogP contribution in [-0.4, -0.2) is 42.7 Å². The fourth-order valence-electron chi connectivity index (χ4n) is 4.27. The molecule has 4 aromatic rings. The predicted molar refractivity (Wildman–Crippen MR) is 120 cm³/mol. The summed E-state index contributed by atoms with van der Waals surface area (Å²) >= 11 is 0. The Hall–Kier alpha value is -4.16. The van der Waals surface area contributed by atoms with Crippen molar-refractivity contribution in [2.75, 3.05) is 11.1 Å². The Balaban J connectivity index is 1.58. The number of aromatic nitrogens is 5. The monoisotopic (exact) mass is 503 g/mol. The van der Waals surface area contributed by atoms with Crippen LogP contribution in [0.3, 0.4) is 0 Å². The van der Waals surface area contributed by atoms with Gasteiger partial charge >= 0.3 is 12.1 Å². The van der Waals surface area contributed by atoms with E-state index in [0.29, 0.717) is 22.2 Å². The number of nitrogens with zero attached hydrogens (tertiary/aromatic N) is 5. The van der Waals surface area contributed by atoms with Gasteiger partial charge in [-0.1, -0.05) is 24.3 Å². The topological polar surface area (TPSA) is 112 Å². The standard InChI is InChI=1S/C23H18F5N7O/c1-21(14-8-4-5-10-30-14)15-17(29)31-19(32-18(15)33-20(21)36)16-12-6-2-3-7-13(12)35(34-16)11-9-22(24,25)23(26,27)28/h2-8,10H,9,11H2,1H3,(H3,29,31,32,33,36). The first kappa shape index (κ1) is 23.6. The van der Waals surface area contributed by atoms with Gasteiger partial charge in [0, 0.05) is 24.5 Å². The Bertz CT molecular complexity index is 1490. The maximum atomic E-state index is 13.5. The SMILES string of the molecule is CC1(c2ccccn2)C(=O)Nc2nc(-c3nn(CCC(F)(F)C(F)(F)F)c4ccccc34)nc(N)c21. The number of nitrogens with two attached hydrogens (primary N) is 1. The lowest BCUT2D eigenvalue weighted by molar-refractivity contribution is -0.285. The number of aryl methyl sites for hydroxylation is 1. The Morgan fingerprint density at radius 1 is 1.06 bits per heavy atom. The predicted octanol–water partition coefficient (Wildman–Crippen LogP) is 4.32. The summed E-state index contributed by atoms with van der Waals surface area (Å²) in [5.41, 5.74) is 6.20. The molecule has 3 aromatic heterocycles. The van der Waals surface area contributed by atoms with Crippen LogP contribution in [0.2, 0.25) is 0 Å². The normalized spacial score (nSPS) is 17.9. The van der Waals surface area contributed by atoms with Crippen LogP contribution in [-0.2, 0) is 16.8 Å². The van der Waals surface area contributed by atoms with Crippen molar-refractivity contribution in [3.63, 3.8) is 0 Å². The minimum Gasteiger partial charge on any atom is -0.383 e. The van der Waals surface area contributed by atoms with Gasteiger partial charge < -0.3 is 11.1 Å². The molecule has 0 radical (unpaired) electrons. The average Bonchev–Trinajstić information content (AvgIpc) is 3.33. The zero-order valence-electron chi connectivity index (χ0n) is 18.6. The highest BCUT2D eigenvalue weighted by molar-refractivity contribution is 6.09. The molecule has 3 N–H and O–H groups in total. The molecule has 13 heteroatoms. The zero-order valence-corrected chi connectivity index (χ0v) is 18.6. The molecule has 36 heavy (non-hydrogen) atoms. The molecule has 8 nitrogen and oxygen atoms in total. The number of fused-ring (bicyclic) bond motifs is 2. The molecular weight excluding hydrogens is 485 g/mol. The lowest BCUT2D eigenvalue weighted by atomic mass is 9.81. The summed E-state index contributed by atoms with van der Waals surface area (Å²) in [4.78, 5) is 26.0. The van der Waals surface area contributed by atoms with Gasteiger partial charge in [0.15, 0.2) is 5.82 Å². The van der Waals surface area contributed by atoms with E-state index in [-0.39, 0.29) is 23.2 Å². The molecule has 5 rings (SSSR count). The Morgan fingerprint density at radius 3 is 2.47 bits per heavy atom. The number of rotatable bonds is 5.